The third-order valence-electron chi connectivity index (χ3n) is 2.70. The molecule has 0 saturated carbocycles. The lowest BCUT2D eigenvalue weighted by molar-refractivity contribution is 0.439. The molecule has 2 aromatic heterocycles. The Hall–Kier alpha value is -1.45. The molecule has 0 aliphatic carbocycles. The Labute approximate surface area is 95.0 Å². The second-order valence-corrected chi connectivity index (χ2v) is 4.75. The first-order valence-corrected chi connectivity index (χ1v) is 5.64. The number of aromatic nitrogens is 3. The van der Waals surface area contributed by atoms with Gasteiger partial charge in [0.2, 0.25) is 0 Å². The van der Waals surface area contributed by atoms with E-state index in [2.05, 4.69) is 43.0 Å². The lowest BCUT2D eigenvalue weighted by Crippen LogP contribution is -2.00. The molecular formula is C12H17N3O. The van der Waals surface area contributed by atoms with Gasteiger partial charge in [0.15, 0.2) is 5.58 Å². The van der Waals surface area contributed by atoms with Crippen LogP contribution in [-0.2, 0) is 0 Å². The van der Waals surface area contributed by atoms with Crippen LogP contribution in [0.15, 0.2) is 4.52 Å². The largest absolute Gasteiger partial charge is 0.354 e. The summed E-state index contributed by atoms with van der Waals surface area (Å²) in [6.07, 6.45) is 0. The molecule has 2 rings (SSSR count). The van der Waals surface area contributed by atoms with Crippen molar-refractivity contribution in [3.05, 3.63) is 17.1 Å². The van der Waals surface area contributed by atoms with Gasteiger partial charge in [-0.25, -0.2) is 0 Å². The smallest absolute Gasteiger partial charge is 0.192 e. The highest BCUT2D eigenvalue weighted by atomic mass is 16.5. The summed E-state index contributed by atoms with van der Waals surface area (Å²) in [5, 5.41) is 13.6. The summed E-state index contributed by atoms with van der Waals surface area (Å²) in [7, 11) is 0. The van der Waals surface area contributed by atoms with Gasteiger partial charge >= 0.3 is 0 Å². The molecule has 0 fully saturated rings. The molecule has 0 aliphatic heterocycles. The van der Waals surface area contributed by atoms with Crippen molar-refractivity contribution in [3.8, 4) is 0 Å². The molecule has 0 aromatic carbocycles. The zero-order valence-electron chi connectivity index (χ0n) is 10.4. The van der Waals surface area contributed by atoms with Crippen LogP contribution in [0.1, 0.15) is 56.6 Å². The second-order valence-electron chi connectivity index (χ2n) is 4.75. The fraction of sp³-hybridized carbons (Fsp3) is 0.583. The summed E-state index contributed by atoms with van der Waals surface area (Å²) in [5.41, 5.74) is 3.54. The first-order valence-electron chi connectivity index (χ1n) is 5.64. The minimum absolute atomic E-state index is 0.326. The monoisotopic (exact) mass is 219 g/mol. The van der Waals surface area contributed by atoms with Crippen molar-refractivity contribution in [2.24, 2.45) is 0 Å². The van der Waals surface area contributed by atoms with E-state index in [-0.39, 0.29) is 0 Å². The number of fused-ring (bicyclic) bond motifs is 1. The molecule has 16 heavy (non-hydrogen) atoms. The van der Waals surface area contributed by atoms with Gasteiger partial charge in [-0.1, -0.05) is 32.9 Å². The average molecular weight is 219 g/mol. The van der Waals surface area contributed by atoms with E-state index in [9.17, 15) is 0 Å². The van der Waals surface area contributed by atoms with Gasteiger partial charge < -0.3 is 4.52 Å². The van der Waals surface area contributed by atoms with Crippen molar-refractivity contribution in [1.29, 1.82) is 0 Å². The van der Waals surface area contributed by atoms with Crippen LogP contribution in [-0.4, -0.2) is 15.4 Å². The average Bonchev–Trinajstić information content (AvgIpc) is 2.62. The molecule has 0 saturated heterocycles. The Balaban J connectivity index is 2.81. The molecule has 0 bridgehead atoms. The molecule has 0 atom stereocenters. The quantitative estimate of drug-likeness (QED) is 0.778. The van der Waals surface area contributed by atoms with E-state index in [1.165, 1.54) is 0 Å². The number of rotatable bonds is 2. The standard InChI is InChI=1S/C12H17N3O/c1-6(2)10-9-11(7(3)4)15-16-12(9)8(5)13-14-10/h6-7H,1-5H3. The predicted molar refractivity (Wildman–Crippen MR) is 62.5 cm³/mol. The van der Waals surface area contributed by atoms with Gasteiger partial charge in [-0.2, -0.15) is 10.2 Å². The van der Waals surface area contributed by atoms with E-state index in [1.807, 2.05) is 6.92 Å². The molecule has 0 aliphatic rings. The van der Waals surface area contributed by atoms with Gasteiger partial charge in [0.1, 0.15) is 5.69 Å². The highest BCUT2D eigenvalue weighted by Crippen LogP contribution is 2.31. The molecule has 2 aromatic rings. The minimum atomic E-state index is 0.326. The highest BCUT2D eigenvalue weighted by Gasteiger charge is 2.20. The third-order valence-corrected chi connectivity index (χ3v) is 2.70. The molecule has 86 valence electrons. The summed E-state index contributed by atoms with van der Waals surface area (Å²) < 4.78 is 5.38. The molecule has 0 spiro atoms. The summed E-state index contributed by atoms with van der Waals surface area (Å²) in [4.78, 5) is 0. The van der Waals surface area contributed by atoms with E-state index in [4.69, 9.17) is 4.52 Å². The van der Waals surface area contributed by atoms with Crippen molar-refractivity contribution in [1.82, 2.24) is 15.4 Å². The zero-order chi connectivity index (χ0) is 11.9. The zero-order valence-corrected chi connectivity index (χ0v) is 10.4. The summed E-state index contributed by atoms with van der Waals surface area (Å²) >= 11 is 0. The predicted octanol–water partition coefficient (Wildman–Crippen LogP) is 3.17. The molecule has 0 N–H and O–H groups in total. The molecule has 4 heteroatoms. The topological polar surface area (TPSA) is 51.8 Å². The van der Waals surface area contributed by atoms with E-state index in [0.29, 0.717) is 11.8 Å². The van der Waals surface area contributed by atoms with Gasteiger partial charge in [-0.05, 0) is 18.8 Å². The van der Waals surface area contributed by atoms with E-state index in [0.717, 1.165) is 28.1 Å². The molecule has 2 heterocycles. The fourth-order valence-corrected chi connectivity index (χ4v) is 1.82. The van der Waals surface area contributed by atoms with Gasteiger partial charge in [0, 0.05) is 0 Å². The maximum Gasteiger partial charge on any atom is 0.192 e. The number of hydrogen-bond donors (Lipinski definition) is 0. The molecule has 0 unspecified atom stereocenters. The van der Waals surface area contributed by atoms with Crippen LogP contribution in [0.3, 0.4) is 0 Å². The Morgan fingerprint density at radius 2 is 1.56 bits per heavy atom. The SMILES string of the molecule is Cc1nnc(C(C)C)c2c(C(C)C)noc12. The fourth-order valence-electron chi connectivity index (χ4n) is 1.82. The van der Waals surface area contributed by atoms with Crippen LogP contribution in [0.25, 0.3) is 11.0 Å². The number of hydrogen-bond acceptors (Lipinski definition) is 4. The van der Waals surface area contributed by atoms with Crippen molar-refractivity contribution in [2.75, 3.05) is 0 Å². The van der Waals surface area contributed by atoms with Crippen LogP contribution < -0.4 is 0 Å². The number of nitrogens with zero attached hydrogens (tertiary/aromatic N) is 3. The maximum absolute atomic E-state index is 5.38. The van der Waals surface area contributed by atoms with Gasteiger partial charge in [-0.3, -0.25) is 0 Å². The van der Waals surface area contributed by atoms with Crippen molar-refractivity contribution in [2.45, 2.75) is 46.5 Å². The van der Waals surface area contributed by atoms with E-state index in [1.54, 1.807) is 0 Å². The Morgan fingerprint density at radius 3 is 2.12 bits per heavy atom. The maximum atomic E-state index is 5.38. The number of aryl methyl sites for hydroxylation is 1. The van der Waals surface area contributed by atoms with Crippen molar-refractivity contribution >= 4 is 11.0 Å². The van der Waals surface area contributed by atoms with E-state index >= 15 is 0 Å². The lowest BCUT2D eigenvalue weighted by Gasteiger charge is -2.07. The minimum Gasteiger partial charge on any atom is -0.354 e. The first kappa shape index (κ1) is 11.0. The van der Waals surface area contributed by atoms with Crippen LogP contribution in [0.4, 0.5) is 0 Å². The Kier molecular flexibility index (Phi) is 2.66. The summed E-state index contributed by atoms with van der Waals surface area (Å²) in [5.74, 6) is 0.662. The Morgan fingerprint density at radius 1 is 0.938 bits per heavy atom. The molecule has 4 nitrogen and oxygen atoms in total. The summed E-state index contributed by atoms with van der Waals surface area (Å²) in [6, 6.07) is 0. The van der Waals surface area contributed by atoms with Gasteiger partial charge in [-0.15, -0.1) is 0 Å². The molecule has 0 radical (unpaired) electrons. The molecule has 0 amide bonds. The van der Waals surface area contributed by atoms with Crippen LogP contribution in [0.5, 0.6) is 0 Å². The van der Waals surface area contributed by atoms with E-state index < -0.39 is 0 Å². The highest BCUT2D eigenvalue weighted by molar-refractivity contribution is 5.84. The van der Waals surface area contributed by atoms with Crippen LogP contribution >= 0.6 is 0 Å². The second kappa shape index (κ2) is 3.85. The summed E-state index contributed by atoms with van der Waals surface area (Å²) in [6.45, 7) is 10.3. The van der Waals surface area contributed by atoms with Crippen molar-refractivity contribution < 1.29 is 4.52 Å². The van der Waals surface area contributed by atoms with Crippen LogP contribution in [0.2, 0.25) is 0 Å². The lowest BCUT2D eigenvalue weighted by atomic mass is 10.00. The first-order chi connectivity index (χ1) is 7.52. The van der Waals surface area contributed by atoms with Crippen LogP contribution in [0, 0.1) is 6.92 Å². The third kappa shape index (κ3) is 1.58. The van der Waals surface area contributed by atoms with Gasteiger partial charge in [0.25, 0.3) is 0 Å². The van der Waals surface area contributed by atoms with Crippen molar-refractivity contribution in [3.63, 3.8) is 0 Å². The Bertz CT molecular complexity index is 514. The normalized spacial score (nSPS) is 11.9. The molecular weight excluding hydrogens is 202 g/mol. The van der Waals surface area contributed by atoms with Gasteiger partial charge in [0.05, 0.1) is 16.8 Å².